The van der Waals surface area contributed by atoms with Crippen molar-refractivity contribution in [3.63, 3.8) is 0 Å². The summed E-state index contributed by atoms with van der Waals surface area (Å²) in [5.74, 6) is -1.43. The Hall–Kier alpha value is -3.22. The van der Waals surface area contributed by atoms with Gasteiger partial charge in [0.2, 0.25) is 5.91 Å². The van der Waals surface area contributed by atoms with Gasteiger partial charge in [0.1, 0.15) is 17.9 Å². The molecule has 7 heteroatoms. The van der Waals surface area contributed by atoms with Crippen molar-refractivity contribution in [1.29, 1.82) is 0 Å². The average molecular weight is 369 g/mol. The van der Waals surface area contributed by atoms with Crippen LogP contribution in [0.1, 0.15) is 23.6 Å². The predicted octanol–water partition coefficient (Wildman–Crippen LogP) is 2.22. The summed E-state index contributed by atoms with van der Waals surface area (Å²) in [7, 11) is 0. The van der Waals surface area contributed by atoms with Crippen LogP contribution in [0.4, 0.5) is 9.18 Å². The zero-order valence-corrected chi connectivity index (χ0v) is 15.1. The number of nitrogens with zero attached hydrogens (tertiary/aromatic N) is 1. The fraction of sp³-hybridized carbons (Fsp3) is 0.250. The number of amides is 4. The Balaban J connectivity index is 1.67. The second kappa shape index (κ2) is 7.19. The molecule has 1 aliphatic rings. The molecule has 1 saturated heterocycles. The van der Waals surface area contributed by atoms with Crippen molar-refractivity contribution in [2.45, 2.75) is 25.9 Å². The molecule has 1 atom stereocenters. The smallest absolute Gasteiger partial charge is 0.325 e. The SMILES string of the molecule is Cc1ccccc1CNC(=O)CN1C(=O)N[C@](C)(c2ccc(F)cc2)C1=O. The first-order chi connectivity index (χ1) is 12.8. The van der Waals surface area contributed by atoms with Gasteiger partial charge in [-0.2, -0.15) is 0 Å². The maximum Gasteiger partial charge on any atom is 0.325 e. The van der Waals surface area contributed by atoms with Crippen LogP contribution in [0.5, 0.6) is 0 Å². The van der Waals surface area contributed by atoms with Gasteiger partial charge < -0.3 is 10.6 Å². The summed E-state index contributed by atoms with van der Waals surface area (Å²) in [5, 5.41) is 5.31. The summed E-state index contributed by atoms with van der Waals surface area (Å²) in [4.78, 5) is 38.1. The second-order valence-corrected chi connectivity index (χ2v) is 6.66. The normalized spacial score (nSPS) is 19.1. The molecule has 1 heterocycles. The summed E-state index contributed by atoms with van der Waals surface area (Å²) in [6, 6.07) is 12.3. The molecule has 0 unspecified atom stereocenters. The molecular formula is C20H20FN3O3. The van der Waals surface area contributed by atoms with E-state index >= 15 is 0 Å². The summed E-state index contributed by atoms with van der Waals surface area (Å²) in [6.45, 7) is 3.40. The van der Waals surface area contributed by atoms with Gasteiger partial charge in [-0.25, -0.2) is 9.18 Å². The Labute approximate surface area is 156 Å². The summed E-state index contributed by atoms with van der Waals surface area (Å²) in [6.07, 6.45) is 0. The standard InChI is InChI=1S/C20H20FN3O3/c1-13-5-3-4-6-14(13)11-22-17(25)12-24-18(26)20(2,23-19(24)27)15-7-9-16(21)10-8-15/h3-10H,11-12H2,1-2H3,(H,22,25)(H,23,27)/t20-/m1/s1. The van der Waals surface area contributed by atoms with Crippen LogP contribution in [-0.4, -0.2) is 29.3 Å². The molecule has 0 saturated carbocycles. The van der Waals surface area contributed by atoms with E-state index in [1.54, 1.807) is 0 Å². The number of imide groups is 1. The van der Waals surface area contributed by atoms with Gasteiger partial charge in [0, 0.05) is 6.54 Å². The average Bonchev–Trinajstić information content (AvgIpc) is 2.85. The molecule has 6 nitrogen and oxygen atoms in total. The molecule has 0 aliphatic carbocycles. The van der Waals surface area contributed by atoms with Crippen LogP contribution in [0.25, 0.3) is 0 Å². The van der Waals surface area contributed by atoms with Crippen molar-refractivity contribution >= 4 is 17.8 Å². The van der Waals surface area contributed by atoms with E-state index in [9.17, 15) is 18.8 Å². The minimum Gasteiger partial charge on any atom is -0.350 e. The first-order valence-electron chi connectivity index (χ1n) is 8.52. The van der Waals surface area contributed by atoms with Crippen molar-refractivity contribution in [1.82, 2.24) is 15.5 Å². The second-order valence-electron chi connectivity index (χ2n) is 6.66. The molecule has 2 aromatic carbocycles. The quantitative estimate of drug-likeness (QED) is 0.794. The number of benzene rings is 2. The van der Waals surface area contributed by atoms with E-state index < -0.39 is 29.2 Å². The fourth-order valence-electron chi connectivity index (χ4n) is 3.02. The van der Waals surface area contributed by atoms with E-state index in [1.165, 1.54) is 31.2 Å². The zero-order valence-electron chi connectivity index (χ0n) is 15.1. The molecule has 0 radical (unpaired) electrons. The zero-order chi connectivity index (χ0) is 19.6. The van der Waals surface area contributed by atoms with Crippen molar-refractivity contribution in [3.8, 4) is 0 Å². The third-order valence-corrected chi connectivity index (χ3v) is 4.74. The van der Waals surface area contributed by atoms with Gasteiger partial charge in [0.25, 0.3) is 5.91 Å². The van der Waals surface area contributed by atoms with Crippen molar-refractivity contribution < 1.29 is 18.8 Å². The topological polar surface area (TPSA) is 78.5 Å². The number of urea groups is 1. The highest BCUT2D eigenvalue weighted by Crippen LogP contribution is 2.28. The van der Waals surface area contributed by atoms with E-state index in [4.69, 9.17) is 0 Å². The largest absolute Gasteiger partial charge is 0.350 e. The Morgan fingerprint density at radius 1 is 1.15 bits per heavy atom. The molecule has 1 aliphatic heterocycles. The van der Waals surface area contributed by atoms with Gasteiger partial charge in [-0.1, -0.05) is 36.4 Å². The Morgan fingerprint density at radius 2 is 1.81 bits per heavy atom. The lowest BCUT2D eigenvalue weighted by Crippen LogP contribution is -2.43. The van der Waals surface area contributed by atoms with E-state index in [1.807, 2.05) is 31.2 Å². The molecule has 0 spiro atoms. The number of carbonyl (C=O) groups excluding carboxylic acids is 3. The molecule has 2 aromatic rings. The molecule has 0 bridgehead atoms. The number of nitrogens with one attached hydrogen (secondary N) is 2. The Bertz CT molecular complexity index is 898. The third kappa shape index (κ3) is 3.67. The first kappa shape index (κ1) is 18.6. The van der Waals surface area contributed by atoms with E-state index in [-0.39, 0.29) is 6.54 Å². The van der Waals surface area contributed by atoms with E-state index in [2.05, 4.69) is 10.6 Å². The number of aryl methyl sites for hydroxylation is 1. The molecule has 4 amide bonds. The minimum atomic E-state index is -1.33. The van der Waals surface area contributed by atoms with Gasteiger partial charge in [-0.05, 0) is 42.7 Å². The summed E-state index contributed by atoms with van der Waals surface area (Å²) < 4.78 is 13.1. The third-order valence-electron chi connectivity index (χ3n) is 4.74. The highest BCUT2D eigenvalue weighted by molar-refractivity contribution is 6.09. The molecule has 3 rings (SSSR count). The maximum atomic E-state index is 13.1. The number of halogens is 1. The molecular weight excluding hydrogens is 349 g/mol. The van der Waals surface area contributed by atoms with Gasteiger partial charge in [-0.3, -0.25) is 14.5 Å². The predicted molar refractivity (Wildman–Crippen MR) is 97.0 cm³/mol. The number of rotatable bonds is 5. The van der Waals surface area contributed by atoms with Crippen LogP contribution >= 0.6 is 0 Å². The van der Waals surface area contributed by atoms with Gasteiger partial charge in [0.05, 0.1) is 0 Å². The monoisotopic (exact) mass is 369 g/mol. The van der Waals surface area contributed by atoms with E-state index in [0.717, 1.165) is 16.0 Å². The first-order valence-corrected chi connectivity index (χ1v) is 8.52. The lowest BCUT2D eigenvalue weighted by molar-refractivity contribution is -0.134. The van der Waals surface area contributed by atoms with Gasteiger partial charge in [-0.15, -0.1) is 0 Å². The lowest BCUT2D eigenvalue weighted by Gasteiger charge is -2.22. The Morgan fingerprint density at radius 3 is 2.48 bits per heavy atom. The van der Waals surface area contributed by atoms with Gasteiger partial charge >= 0.3 is 6.03 Å². The van der Waals surface area contributed by atoms with E-state index in [0.29, 0.717) is 12.1 Å². The van der Waals surface area contributed by atoms with Crippen LogP contribution in [-0.2, 0) is 21.7 Å². The van der Waals surface area contributed by atoms with Crippen LogP contribution in [0.15, 0.2) is 48.5 Å². The van der Waals surface area contributed by atoms with Crippen molar-refractivity contribution in [2.75, 3.05) is 6.54 Å². The van der Waals surface area contributed by atoms with Crippen molar-refractivity contribution in [3.05, 3.63) is 71.0 Å². The van der Waals surface area contributed by atoms with Crippen LogP contribution < -0.4 is 10.6 Å². The molecule has 0 aromatic heterocycles. The maximum absolute atomic E-state index is 13.1. The lowest BCUT2D eigenvalue weighted by atomic mass is 9.92. The molecule has 2 N–H and O–H groups in total. The molecule has 27 heavy (non-hydrogen) atoms. The molecule has 140 valence electrons. The van der Waals surface area contributed by atoms with Gasteiger partial charge in [0.15, 0.2) is 0 Å². The number of carbonyl (C=O) groups is 3. The highest BCUT2D eigenvalue weighted by Gasteiger charge is 2.49. The van der Waals surface area contributed by atoms with Crippen LogP contribution in [0, 0.1) is 12.7 Å². The number of hydrogen-bond donors (Lipinski definition) is 2. The van der Waals surface area contributed by atoms with Crippen LogP contribution in [0.2, 0.25) is 0 Å². The summed E-state index contributed by atoms with van der Waals surface area (Å²) in [5.41, 5.74) is 1.11. The fourth-order valence-corrected chi connectivity index (χ4v) is 3.02. The Kier molecular flexibility index (Phi) is 4.94. The van der Waals surface area contributed by atoms with Crippen molar-refractivity contribution in [2.24, 2.45) is 0 Å². The molecule has 1 fully saturated rings. The van der Waals surface area contributed by atoms with Crippen LogP contribution in [0.3, 0.4) is 0 Å². The highest BCUT2D eigenvalue weighted by atomic mass is 19.1. The minimum absolute atomic E-state index is 0.310. The number of hydrogen-bond acceptors (Lipinski definition) is 3. The summed E-state index contributed by atoms with van der Waals surface area (Å²) >= 11 is 0.